The zero-order chi connectivity index (χ0) is 16.3. The summed E-state index contributed by atoms with van der Waals surface area (Å²) in [5.74, 6) is 1.34. The zero-order valence-corrected chi connectivity index (χ0v) is 14.2. The van der Waals surface area contributed by atoms with Crippen molar-refractivity contribution >= 4 is 23.6 Å². The molecule has 0 spiro atoms. The van der Waals surface area contributed by atoms with Gasteiger partial charge in [-0.05, 0) is 19.8 Å². The Bertz CT molecular complexity index is 519. The van der Waals surface area contributed by atoms with Gasteiger partial charge in [0.15, 0.2) is 0 Å². The lowest BCUT2D eigenvalue weighted by Crippen LogP contribution is -2.51. The number of thioether (sulfide) groups is 1. The number of nitrogens with one attached hydrogen (secondary N) is 1. The Morgan fingerprint density at radius 2 is 2.05 bits per heavy atom. The fraction of sp³-hybridized carbons (Fsp3) is 0.714. The van der Waals surface area contributed by atoms with Gasteiger partial charge in [-0.25, -0.2) is 9.67 Å². The molecule has 1 aromatic heterocycles. The normalized spacial score (nSPS) is 21.0. The van der Waals surface area contributed by atoms with E-state index in [-0.39, 0.29) is 17.9 Å². The monoisotopic (exact) mass is 325 g/mol. The Balaban J connectivity index is 2.03. The van der Waals surface area contributed by atoms with Gasteiger partial charge in [-0.2, -0.15) is 5.10 Å². The highest BCUT2D eigenvalue weighted by Gasteiger charge is 2.37. The van der Waals surface area contributed by atoms with E-state index in [9.17, 15) is 9.59 Å². The van der Waals surface area contributed by atoms with E-state index in [1.165, 1.54) is 17.3 Å². The summed E-state index contributed by atoms with van der Waals surface area (Å²) in [6, 6.07) is -0.786. The predicted molar refractivity (Wildman–Crippen MR) is 85.1 cm³/mol. The summed E-state index contributed by atoms with van der Waals surface area (Å²) in [4.78, 5) is 30.6. The maximum atomic E-state index is 12.6. The number of aromatic nitrogens is 3. The minimum atomic E-state index is -0.459. The molecule has 2 amide bonds. The molecular formula is C14H23N5O2S. The van der Waals surface area contributed by atoms with Crippen LogP contribution in [0.15, 0.2) is 12.7 Å². The summed E-state index contributed by atoms with van der Waals surface area (Å²) >= 11 is 1.60. The molecule has 8 heteroatoms. The molecule has 1 aromatic rings. The molecule has 0 unspecified atom stereocenters. The van der Waals surface area contributed by atoms with Crippen LogP contribution in [-0.2, 0) is 9.59 Å². The summed E-state index contributed by atoms with van der Waals surface area (Å²) in [7, 11) is 0. The quantitative estimate of drug-likeness (QED) is 0.870. The van der Waals surface area contributed by atoms with Crippen molar-refractivity contribution in [1.82, 2.24) is 25.0 Å². The topological polar surface area (TPSA) is 80.1 Å². The van der Waals surface area contributed by atoms with Crippen molar-refractivity contribution in [3.8, 4) is 0 Å². The summed E-state index contributed by atoms with van der Waals surface area (Å²) in [6.45, 7) is 7.87. The minimum absolute atomic E-state index is 0.0784. The molecule has 122 valence electrons. The maximum Gasteiger partial charge on any atom is 0.248 e. The number of amides is 2. The fourth-order valence-electron chi connectivity index (χ4n) is 2.13. The van der Waals surface area contributed by atoms with E-state index >= 15 is 0 Å². The van der Waals surface area contributed by atoms with Gasteiger partial charge in [-0.1, -0.05) is 13.8 Å². The average molecular weight is 325 g/mol. The number of carbonyl (C=O) groups is 2. The van der Waals surface area contributed by atoms with Gasteiger partial charge < -0.3 is 10.2 Å². The molecule has 1 fully saturated rings. The first-order chi connectivity index (χ1) is 10.4. The highest BCUT2D eigenvalue weighted by atomic mass is 32.2. The van der Waals surface area contributed by atoms with Gasteiger partial charge in [-0.15, -0.1) is 11.8 Å². The van der Waals surface area contributed by atoms with E-state index in [4.69, 9.17) is 0 Å². The lowest BCUT2D eigenvalue weighted by molar-refractivity contribution is -0.140. The van der Waals surface area contributed by atoms with E-state index in [1.807, 2.05) is 6.92 Å². The standard InChI is InChI=1S/C14H23N5O2S/c1-9(2)10(3)17-13(20)12-5-22-8-18(12)14(21)11(4)19-7-15-6-16-19/h6-7,9-12H,5,8H2,1-4H3,(H,17,20)/t10-,11-,12+/m0/s1. The van der Waals surface area contributed by atoms with Crippen LogP contribution in [0.1, 0.15) is 33.7 Å². The highest BCUT2D eigenvalue weighted by Crippen LogP contribution is 2.24. The zero-order valence-electron chi connectivity index (χ0n) is 13.4. The first-order valence-electron chi connectivity index (χ1n) is 7.44. The van der Waals surface area contributed by atoms with Gasteiger partial charge in [-0.3, -0.25) is 9.59 Å². The van der Waals surface area contributed by atoms with Crippen molar-refractivity contribution in [3.63, 3.8) is 0 Å². The van der Waals surface area contributed by atoms with Crippen molar-refractivity contribution in [3.05, 3.63) is 12.7 Å². The molecule has 0 aromatic carbocycles. The van der Waals surface area contributed by atoms with E-state index in [2.05, 4.69) is 29.2 Å². The van der Waals surface area contributed by atoms with Gasteiger partial charge in [0.2, 0.25) is 11.8 Å². The third kappa shape index (κ3) is 3.60. The third-order valence-corrected chi connectivity index (χ3v) is 5.04. The number of rotatable bonds is 5. The smallest absolute Gasteiger partial charge is 0.248 e. The van der Waals surface area contributed by atoms with Crippen LogP contribution < -0.4 is 5.32 Å². The van der Waals surface area contributed by atoms with Gasteiger partial charge >= 0.3 is 0 Å². The first kappa shape index (κ1) is 16.8. The number of carbonyl (C=O) groups excluding carboxylic acids is 2. The summed E-state index contributed by atoms with van der Waals surface area (Å²) in [5.41, 5.74) is 0. The van der Waals surface area contributed by atoms with Gasteiger partial charge in [0.1, 0.15) is 24.7 Å². The molecule has 0 bridgehead atoms. The first-order valence-corrected chi connectivity index (χ1v) is 8.60. The number of hydrogen-bond acceptors (Lipinski definition) is 5. The molecular weight excluding hydrogens is 302 g/mol. The Morgan fingerprint density at radius 3 is 2.64 bits per heavy atom. The van der Waals surface area contributed by atoms with E-state index in [0.717, 1.165) is 0 Å². The van der Waals surface area contributed by atoms with Crippen LogP contribution in [0.4, 0.5) is 0 Å². The average Bonchev–Trinajstić information content (AvgIpc) is 3.16. The van der Waals surface area contributed by atoms with Crippen molar-refractivity contribution in [2.45, 2.75) is 45.8 Å². The molecule has 0 aliphatic carbocycles. The molecule has 0 saturated carbocycles. The van der Waals surface area contributed by atoms with Crippen LogP contribution in [0.5, 0.6) is 0 Å². The lowest BCUT2D eigenvalue weighted by atomic mass is 10.1. The van der Waals surface area contributed by atoms with Crippen LogP contribution in [-0.4, -0.2) is 55.2 Å². The van der Waals surface area contributed by atoms with Gasteiger partial charge in [0, 0.05) is 11.8 Å². The fourth-order valence-corrected chi connectivity index (χ4v) is 3.30. The summed E-state index contributed by atoms with van der Waals surface area (Å²) in [6.07, 6.45) is 2.92. The van der Waals surface area contributed by atoms with Gasteiger partial charge in [0.05, 0.1) is 5.88 Å². The second-order valence-electron chi connectivity index (χ2n) is 5.92. The van der Waals surface area contributed by atoms with Crippen LogP contribution in [0.2, 0.25) is 0 Å². The van der Waals surface area contributed by atoms with Crippen molar-refractivity contribution in [2.24, 2.45) is 5.92 Å². The second-order valence-corrected chi connectivity index (χ2v) is 6.92. The molecule has 1 aliphatic heterocycles. The molecule has 1 saturated heterocycles. The number of nitrogens with zero attached hydrogens (tertiary/aromatic N) is 4. The molecule has 2 heterocycles. The summed E-state index contributed by atoms with van der Waals surface area (Å²) in [5, 5.41) is 7.00. The van der Waals surface area contributed by atoms with Gasteiger partial charge in [0.25, 0.3) is 0 Å². The van der Waals surface area contributed by atoms with Crippen molar-refractivity contribution in [1.29, 1.82) is 0 Å². The lowest BCUT2D eigenvalue weighted by Gasteiger charge is -2.27. The SMILES string of the molecule is CC(C)[C@H](C)NC(=O)[C@H]1CSCN1C(=O)[C@H](C)n1cncn1. The Morgan fingerprint density at radius 1 is 1.32 bits per heavy atom. The molecule has 1 N–H and O–H groups in total. The van der Waals surface area contributed by atoms with Crippen LogP contribution in [0.3, 0.4) is 0 Å². The molecule has 0 radical (unpaired) electrons. The van der Waals surface area contributed by atoms with Crippen LogP contribution >= 0.6 is 11.8 Å². The highest BCUT2D eigenvalue weighted by molar-refractivity contribution is 7.99. The van der Waals surface area contributed by atoms with E-state index in [1.54, 1.807) is 23.6 Å². The maximum absolute atomic E-state index is 12.6. The third-order valence-electron chi connectivity index (χ3n) is 4.03. The Kier molecular flexibility index (Phi) is 5.44. The van der Waals surface area contributed by atoms with Crippen LogP contribution in [0.25, 0.3) is 0 Å². The summed E-state index contributed by atoms with van der Waals surface area (Å²) < 4.78 is 1.51. The Labute approximate surface area is 134 Å². The van der Waals surface area contributed by atoms with Crippen molar-refractivity contribution < 1.29 is 9.59 Å². The second kappa shape index (κ2) is 7.13. The molecule has 22 heavy (non-hydrogen) atoms. The minimum Gasteiger partial charge on any atom is -0.352 e. The largest absolute Gasteiger partial charge is 0.352 e. The molecule has 3 atom stereocenters. The molecule has 7 nitrogen and oxygen atoms in total. The van der Waals surface area contributed by atoms with Crippen LogP contribution in [0, 0.1) is 5.92 Å². The van der Waals surface area contributed by atoms with E-state index < -0.39 is 12.1 Å². The molecule has 1 aliphatic rings. The number of hydrogen-bond donors (Lipinski definition) is 1. The van der Waals surface area contributed by atoms with Crippen molar-refractivity contribution in [2.75, 3.05) is 11.6 Å². The van der Waals surface area contributed by atoms with E-state index in [0.29, 0.717) is 17.5 Å². The Hall–Kier alpha value is -1.57. The molecule has 2 rings (SSSR count). The predicted octanol–water partition coefficient (Wildman–Crippen LogP) is 0.901.